The summed E-state index contributed by atoms with van der Waals surface area (Å²) in [7, 11) is 0. The Bertz CT molecular complexity index is 357. The van der Waals surface area contributed by atoms with Crippen molar-refractivity contribution in [3.05, 3.63) is 18.2 Å². The fraction of sp³-hybridized carbons (Fsp3) is 0.333. The highest BCUT2D eigenvalue weighted by molar-refractivity contribution is 5.70. The quantitative estimate of drug-likeness (QED) is 0.670. The van der Waals surface area contributed by atoms with Crippen LogP contribution < -0.4 is 16.4 Å². The molecule has 0 saturated carbocycles. The Kier molecular flexibility index (Phi) is 1.77. The van der Waals surface area contributed by atoms with Gasteiger partial charge in [0.05, 0.1) is 24.5 Å². The number of anilines is 3. The van der Waals surface area contributed by atoms with Gasteiger partial charge in [-0.2, -0.15) is 0 Å². The number of nitrogens with two attached hydrogens (primary N) is 2. The molecule has 2 rings (SSSR count). The summed E-state index contributed by atoms with van der Waals surface area (Å²) in [5, 5.41) is 0. The van der Waals surface area contributed by atoms with Gasteiger partial charge in [-0.1, -0.05) is 0 Å². The molecule has 0 spiro atoms. The van der Waals surface area contributed by atoms with E-state index in [1.54, 1.807) is 23.1 Å². The first-order chi connectivity index (χ1) is 6.48. The van der Waals surface area contributed by atoms with Crippen molar-refractivity contribution in [1.82, 2.24) is 0 Å². The maximum Gasteiger partial charge on any atom is 0.282 e. The predicted octanol–water partition coefficient (Wildman–Crippen LogP) is 1.31. The minimum absolute atomic E-state index is 0.240. The Labute approximate surface area is 80.3 Å². The summed E-state index contributed by atoms with van der Waals surface area (Å²) >= 11 is 0. The van der Waals surface area contributed by atoms with E-state index in [0.717, 1.165) is 0 Å². The van der Waals surface area contributed by atoms with E-state index in [4.69, 9.17) is 11.5 Å². The lowest BCUT2D eigenvalue weighted by molar-refractivity contribution is -0.0262. The van der Waals surface area contributed by atoms with Crippen LogP contribution in [0.15, 0.2) is 18.2 Å². The smallest absolute Gasteiger partial charge is 0.282 e. The van der Waals surface area contributed by atoms with Crippen LogP contribution in [0.2, 0.25) is 0 Å². The van der Waals surface area contributed by atoms with Crippen molar-refractivity contribution in [3.63, 3.8) is 0 Å². The van der Waals surface area contributed by atoms with Crippen LogP contribution in [0.4, 0.5) is 25.8 Å². The lowest BCUT2D eigenvalue weighted by Crippen LogP contribution is -2.56. The molecular weight excluding hydrogens is 188 g/mol. The lowest BCUT2D eigenvalue weighted by Gasteiger charge is -2.40. The molecule has 1 heterocycles. The number of alkyl halides is 2. The van der Waals surface area contributed by atoms with Crippen LogP contribution in [0.25, 0.3) is 0 Å². The van der Waals surface area contributed by atoms with E-state index in [1.165, 1.54) is 0 Å². The number of halogens is 2. The summed E-state index contributed by atoms with van der Waals surface area (Å²) in [4.78, 5) is 1.57. The van der Waals surface area contributed by atoms with Crippen molar-refractivity contribution < 1.29 is 8.78 Å². The summed E-state index contributed by atoms with van der Waals surface area (Å²) in [5.41, 5.74) is 12.7. The largest absolute Gasteiger partial charge is 0.397 e. The van der Waals surface area contributed by atoms with Crippen LogP contribution in [0.5, 0.6) is 0 Å². The van der Waals surface area contributed by atoms with Gasteiger partial charge < -0.3 is 16.4 Å². The molecule has 0 aliphatic carbocycles. The van der Waals surface area contributed by atoms with E-state index >= 15 is 0 Å². The van der Waals surface area contributed by atoms with Gasteiger partial charge in [0, 0.05) is 5.69 Å². The van der Waals surface area contributed by atoms with Crippen molar-refractivity contribution in [3.8, 4) is 0 Å². The van der Waals surface area contributed by atoms with Crippen LogP contribution in [0.1, 0.15) is 0 Å². The van der Waals surface area contributed by atoms with Crippen LogP contribution in [-0.2, 0) is 0 Å². The van der Waals surface area contributed by atoms with E-state index in [2.05, 4.69) is 0 Å². The van der Waals surface area contributed by atoms with Crippen LogP contribution in [-0.4, -0.2) is 19.0 Å². The number of hydrogen-bond donors (Lipinski definition) is 2. The second-order valence-corrected chi connectivity index (χ2v) is 3.53. The molecule has 1 fully saturated rings. The number of hydrogen-bond acceptors (Lipinski definition) is 3. The van der Waals surface area contributed by atoms with Crippen molar-refractivity contribution in [2.24, 2.45) is 0 Å². The SMILES string of the molecule is Nc1ccc(N2CC(F)(F)C2)cc1N. The summed E-state index contributed by atoms with van der Waals surface area (Å²) in [6.45, 7) is -0.479. The van der Waals surface area contributed by atoms with Gasteiger partial charge in [0.25, 0.3) is 5.92 Å². The molecule has 0 atom stereocenters. The minimum atomic E-state index is -2.56. The third kappa shape index (κ3) is 1.45. The van der Waals surface area contributed by atoms with Crippen molar-refractivity contribution in [1.29, 1.82) is 0 Å². The maximum absolute atomic E-state index is 12.6. The van der Waals surface area contributed by atoms with Crippen LogP contribution in [0, 0.1) is 0 Å². The Balaban J connectivity index is 2.16. The predicted molar refractivity (Wildman–Crippen MR) is 52.4 cm³/mol. The third-order valence-corrected chi connectivity index (χ3v) is 2.28. The zero-order valence-corrected chi connectivity index (χ0v) is 7.50. The summed E-state index contributed by atoms with van der Waals surface area (Å²) in [5.74, 6) is -2.56. The number of rotatable bonds is 1. The molecule has 0 bridgehead atoms. The molecule has 5 heteroatoms. The first-order valence-corrected chi connectivity index (χ1v) is 4.26. The molecular formula is C9H11F2N3. The molecule has 1 aliphatic rings. The molecule has 0 aromatic heterocycles. The van der Waals surface area contributed by atoms with Crippen LogP contribution in [0.3, 0.4) is 0 Å². The first-order valence-electron chi connectivity index (χ1n) is 4.26. The normalized spacial score (nSPS) is 19.1. The summed E-state index contributed by atoms with van der Waals surface area (Å²) in [6, 6.07) is 4.94. The maximum atomic E-state index is 12.6. The van der Waals surface area contributed by atoms with E-state index in [0.29, 0.717) is 17.1 Å². The molecule has 14 heavy (non-hydrogen) atoms. The van der Waals surface area contributed by atoms with Crippen molar-refractivity contribution in [2.75, 3.05) is 29.5 Å². The molecule has 3 nitrogen and oxygen atoms in total. The van der Waals surface area contributed by atoms with Gasteiger partial charge in [-0.3, -0.25) is 0 Å². The highest BCUT2D eigenvalue weighted by Crippen LogP contribution is 2.33. The Morgan fingerprint density at radius 2 is 1.79 bits per heavy atom. The Morgan fingerprint density at radius 1 is 1.14 bits per heavy atom. The first kappa shape index (κ1) is 9.05. The van der Waals surface area contributed by atoms with Gasteiger partial charge in [0.2, 0.25) is 0 Å². The fourth-order valence-electron chi connectivity index (χ4n) is 1.45. The van der Waals surface area contributed by atoms with Gasteiger partial charge in [0.15, 0.2) is 0 Å². The third-order valence-electron chi connectivity index (χ3n) is 2.28. The topological polar surface area (TPSA) is 55.3 Å². The average Bonchev–Trinajstić information content (AvgIpc) is 2.06. The fourth-order valence-corrected chi connectivity index (χ4v) is 1.45. The van der Waals surface area contributed by atoms with E-state index in [9.17, 15) is 8.78 Å². The second kappa shape index (κ2) is 2.73. The molecule has 1 saturated heterocycles. The van der Waals surface area contributed by atoms with Gasteiger partial charge in [-0.25, -0.2) is 8.78 Å². The zero-order chi connectivity index (χ0) is 10.3. The molecule has 4 N–H and O–H groups in total. The molecule has 1 aromatic carbocycles. The molecule has 76 valence electrons. The Hall–Kier alpha value is -1.52. The van der Waals surface area contributed by atoms with Crippen molar-refractivity contribution >= 4 is 17.1 Å². The van der Waals surface area contributed by atoms with Gasteiger partial charge >= 0.3 is 0 Å². The highest BCUT2D eigenvalue weighted by atomic mass is 19.3. The Morgan fingerprint density at radius 3 is 2.29 bits per heavy atom. The molecule has 0 amide bonds. The minimum Gasteiger partial charge on any atom is -0.397 e. The van der Waals surface area contributed by atoms with E-state index in [-0.39, 0.29) is 13.1 Å². The monoisotopic (exact) mass is 199 g/mol. The molecule has 1 aromatic rings. The highest BCUT2D eigenvalue weighted by Gasteiger charge is 2.43. The zero-order valence-electron chi connectivity index (χ0n) is 7.50. The number of nitrogen functional groups attached to an aromatic ring is 2. The van der Waals surface area contributed by atoms with E-state index in [1.807, 2.05) is 0 Å². The number of benzene rings is 1. The van der Waals surface area contributed by atoms with Crippen LogP contribution >= 0.6 is 0 Å². The molecule has 0 radical (unpaired) electrons. The summed E-state index contributed by atoms with van der Waals surface area (Å²) in [6.07, 6.45) is 0. The van der Waals surface area contributed by atoms with Gasteiger partial charge in [-0.15, -0.1) is 0 Å². The number of nitrogens with zero attached hydrogens (tertiary/aromatic N) is 1. The standard InChI is InChI=1S/C9H11F2N3/c10-9(11)4-14(5-9)6-1-2-7(12)8(13)3-6/h1-3H,4-5,12-13H2. The average molecular weight is 199 g/mol. The van der Waals surface area contributed by atoms with Gasteiger partial charge in [-0.05, 0) is 18.2 Å². The van der Waals surface area contributed by atoms with Crippen molar-refractivity contribution in [2.45, 2.75) is 5.92 Å². The van der Waals surface area contributed by atoms with E-state index < -0.39 is 5.92 Å². The summed E-state index contributed by atoms with van der Waals surface area (Å²) < 4.78 is 25.1. The molecule has 0 unspecified atom stereocenters. The second-order valence-electron chi connectivity index (χ2n) is 3.53. The lowest BCUT2D eigenvalue weighted by atomic mass is 10.1. The van der Waals surface area contributed by atoms with Gasteiger partial charge in [0.1, 0.15) is 0 Å². The molecule has 1 aliphatic heterocycles.